The van der Waals surface area contributed by atoms with E-state index in [2.05, 4.69) is 57.6 Å². The van der Waals surface area contributed by atoms with Crippen molar-refractivity contribution in [2.45, 2.75) is 12.8 Å². The van der Waals surface area contributed by atoms with Crippen molar-refractivity contribution < 1.29 is 4.79 Å². The fourth-order valence-corrected chi connectivity index (χ4v) is 3.35. The highest BCUT2D eigenvalue weighted by molar-refractivity contribution is 5.78. The van der Waals surface area contributed by atoms with Gasteiger partial charge in [-0.05, 0) is 24.0 Å². The Morgan fingerprint density at radius 1 is 0.769 bits per heavy atom. The molecule has 2 aromatic rings. The molecule has 0 radical (unpaired) electrons. The molecule has 1 saturated heterocycles. The van der Waals surface area contributed by atoms with Gasteiger partial charge in [0.1, 0.15) is 0 Å². The summed E-state index contributed by atoms with van der Waals surface area (Å²) in [5.74, 6) is 0.138. The molecular formula is C22H29N3O. The number of hydrogen-bond acceptors (Lipinski definition) is 3. The lowest BCUT2D eigenvalue weighted by atomic mass is 10.1. The molecule has 0 spiro atoms. The van der Waals surface area contributed by atoms with Crippen LogP contribution in [0.15, 0.2) is 60.7 Å². The van der Waals surface area contributed by atoms with Gasteiger partial charge in [-0.25, -0.2) is 0 Å². The first-order valence-corrected chi connectivity index (χ1v) is 9.59. The zero-order valence-corrected chi connectivity index (χ0v) is 15.4. The minimum Gasteiger partial charge on any atom is -0.355 e. The minimum absolute atomic E-state index is 0.138. The van der Waals surface area contributed by atoms with E-state index < -0.39 is 0 Å². The van der Waals surface area contributed by atoms with Crippen molar-refractivity contribution in [2.75, 3.05) is 45.8 Å². The Morgan fingerprint density at radius 2 is 1.31 bits per heavy atom. The molecule has 0 aliphatic carbocycles. The van der Waals surface area contributed by atoms with Gasteiger partial charge in [0.05, 0.1) is 6.54 Å². The molecule has 3 rings (SSSR count). The average molecular weight is 351 g/mol. The molecule has 4 heteroatoms. The first kappa shape index (κ1) is 18.6. The zero-order valence-electron chi connectivity index (χ0n) is 15.4. The largest absolute Gasteiger partial charge is 0.355 e. The van der Waals surface area contributed by atoms with Gasteiger partial charge in [-0.3, -0.25) is 9.69 Å². The van der Waals surface area contributed by atoms with Crippen molar-refractivity contribution in [1.29, 1.82) is 0 Å². The van der Waals surface area contributed by atoms with Crippen LogP contribution < -0.4 is 5.32 Å². The first-order chi connectivity index (χ1) is 12.8. The molecule has 1 N–H and O–H groups in total. The molecule has 0 bridgehead atoms. The fraction of sp³-hybridized carbons (Fsp3) is 0.409. The van der Waals surface area contributed by atoms with Crippen LogP contribution in [0, 0.1) is 0 Å². The molecule has 1 heterocycles. The van der Waals surface area contributed by atoms with Crippen molar-refractivity contribution in [3.8, 4) is 0 Å². The Bertz CT molecular complexity index is 652. The molecule has 26 heavy (non-hydrogen) atoms. The van der Waals surface area contributed by atoms with Crippen LogP contribution in [0.3, 0.4) is 0 Å². The maximum Gasteiger partial charge on any atom is 0.234 e. The van der Waals surface area contributed by atoms with Crippen LogP contribution >= 0.6 is 0 Å². The van der Waals surface area contributed by atoms with Crippen LogP contribution in [-0.4, -0.2) is 61.5 Å². The molecule has 0 aromatic heterocycles. The Labute approximate surface area is 156 Å². The van der Waals surface area contributed by atoms with Crippen molar-refractivity contribution in [1.82, 2.24) is 15.1 Å². The summed E-state index contributed by atoms with van der Waals surface area (Å²) in [6.07, 6.45) is 1.99. The third kappa shape index (κ3) is 6.28. The smallest absolute Gasteiger partial charge is 0.234 e. The van der Waals surface area contributed by atoms with E-state index in [1.165, 1.54) is 11.1 Å². The summed E-state index contributed by atoms with van der Waals surface area (Å²) in [6.45, 7) is 6.36. The number of carbonyl (C=O) groups excluding carboxylic acids is 1. The van der Waals surface area contributed by atoms with E-state index in [4.69, 9.17) is 0 Å². The van der Waals surface area contributed by atoms with Crippen LogP contribution in [0.25, 0.3) is 0 Å². The molecule has 0 unspecified atom stereocenters. The van der Waals surface area contributed by atoms with Crippen LogP contribution in [0.2, 0.25) is 0 Å². The van der Waals surface area contributed by atoms with E-state index in [9.17, 15) is 4.79 Å². The number of benzene rings is 2. The molecule has 2 aromatic carbocycles. The third-order valence-electron chi connectivity index (χ3n) is 4.97. The van der Waals surface area contributed by atoms with Crippen molar-refractivity contribution in [2.24, 2.45) is 0 Å². The van der Waals surface area contributed by atoms with E-state index in [0.29, 0.717) is 13.1 Å². The lowest BCUT2D eigenvalue weighted by molar-refractivity contribution is -0.122. The van der Waals surface area contributed by atoms with Gasteiger partial charge in [-0.15, -0.1) is 0 Å². The Hall–Kier alpha value is -2.17. The van der Waals surface area contributed by atoms with Gasteiger partial charge in [-0.1, -0.05) is 60.7 Å². The highest BCUT2D eigenvalue weighted by atomic mass is 16.2. The highest BCUT2D eigenvalue weighted by Gasteiger charge is 2.18. The second kappa shape index (κ2) is 10.1. The molecule has 0 atom stereocenters. The SMILES string of the molecule is O=C(CN1CCN(CCc2ccccc2)CC1)NCCc1ccccc1. The number of rotatable bonds is 8. The fourth-order valence-electron chi connectivity index (χ4n) is 3.35. The summed E-state index contributed by atoms with van der Waals surface area (Å²) >= 11 is 0. The normalized spacial score (nSPS) is 15.7. The van der Waals surface area contributed by atoms with E-state index in [1.807, 2.05) is 18.2 Å². The summed E-state index contributed by atoms with van der Waals surface area (Å²) in [6, 6.07) is 20.9. The minimum atomic E-state index is 0.138. The van der Waals surface area contributed by atoms with E-state index in [1.54, 1.807) is 0 Å². The molecule has 4 nitrogen and oxygen atoms in total. The van der Waals surface area contributed by atoms with Gasteiger partial charge in [0.15, 0.2) is 0 Å². The van der Waals surface area contributed by atoms with Crippen molar-refractivity contribution in [3.63, 3.8) is 0 Å². The Morgan fingerprint density at radius 3 is 1.92 bits per heavy atom. The summed E-state index contributed by atoms with van der Waals surface area (Å²) in [7, 11) is 0. The molecule has 0 saturated carbocycles. The summed E-state index contributed by atoms with van der Waals surface area (Å²) < 4.78 is 0. The van der Waals surface area contributed by atoms with E-state index in [0.717, 1.165) is 45.6 Å². The quantitative estimate of drug-likeness (QED) is 0.792. The Kier molecular flexibility index (Phi) is 7.23. The van der Waals surface area contributed by atoms with Gasteiger partial charge in [0.2, 0.25) is 5.91 Å². The van der Waals surface area contributed by atoms with Gasteiger partial charge >= 0.3 is 0 Å². The van der Waals surface area contributed by atoms with Gasteiger partial charge in [0.25, 0.3) is 0 Å². The maximum atomic E-state index is 12.1. The lowest BCUT2D eigenvalue weighted by Crippen LogP contribution is -2.49. The monoisotopic (exact) mass is 351 g/mol. The summed E-state index contributed by atoms with van der Waals surface area (Å²) in [5, 5.41) is 3.04. The third-order valence-corrected chi connectivity index (χ3v) is 4.97. The van der Waals surface area contributed by atoms with Crippen molar-refractivity contribution in [3.05, 3.63) is 71.8 Å². The maximum absolute atomic E-state index is 12.1. The van der Waals surface area contributed by atoms with E-state index >= 15 is 0 Å². The Balaban J connectivity index is 1.29. The lowest BCUT2D eigenvalue weighted by Gasteiger charge is -2.34. The van der Waals surface area contributed by atoms with E-state index in [-0.39, 0.29) is 5.91 Å². The van der Waals surface area contributed by atoms with Crippen LogP contribution in [0.5, 0.6) is 0 Å². The molecule has 1 aliphatic heterocycles. The van der Waals surface area contributed by atoms with Crippen molar-refractivity contribution >= 4 is 5.91 Å². The standard InChI is InChI=1S/C22H29N3O/c26-22(23-13-11-20-7-3-1-4-8-20)19-25-17-15-24(16-18-25)14-12-21-9-5-2-6-10-21/h1-10H,11-19H2,(H,23,26). The van der Waals surface area contributed by atoms with Gasteiger partial charge in [0, 0.05) is 39.3 Å². The van der Waals surface area contributed by atoms with Crippen LogP contribution in [-0.2, 0) is 17.6 Å². The number of carbonyl (C=O) groups is 1. The summed E-state index contributed by atoms with van der Waals surface area (Å²) in [4.78, 5) is 16.9. The first-order valence-electron chi connectivity index (χ1n) is 9.59. The predicted octanol–water partition coefficient (Wildman–Crippen LogP) is 2.21. The second-order valence-electron chi connectivity index (χ2n) is 6.94. The number of hydrogen-bond donors (Lipinski definition) is 1. The van der Waals surface area contributed by atoms with Gasteiger partial charge in [-0.2, -0.15) is 0 Å². The topological polar surface area (TPSA) is 35.6 Å². The van der Waals surface area contributed by atoms with Crippen LogP contribution in [0.1, 0.15) is 11.1 Å². The number of nitrogens with one attached hydrogen (secondary N) is 1. The number of nitrogens with zero attached hydrogens (tertiary/aromatic N) is 2. The van der Waals surface area contributed by atoms with Crippen LogP contribution in [0.4, 0.5) is 0 Å². The average Bonchev–Trinajstić information content (AvgIpc) is 2.69. The molecular weight excluding hydrogens is 322 g/mol. The molecule has 138 valence electrons. The highest BCUT2D eigenvalue weighted by Crippen LogP contribution is 2.05. The molecule has 1 fully saturated rings. The number of piperazine rings is 1. The second-order valence-corrected chi connectivity index (χ2v) is 6.94. The molecule has 1 amide bonds. The predicted molar refractivity (Wildman–Crippen MR) is 106 cm³/mol. The summed E-state index contributed by atoms with van der Waals surface area (Å²) in [5.41, 5.74) is 2.66. The molecule has 1 aliphatic rings. The van der Waals surface area contributed by atoms with Gasteiger partial charge < -0.3 is 10.2 Å². The zero-order chi connectivity index (χ0) is 18.0. The number of amides is 1.